The Labute approximate surface area is 114 Å². The van der Waals surface area contributed by atoms with Crippen LogP contribution in [0.25, 0.3) is 0 Å². The zero-order valence-corrected chi connectivity index (χ0v) is 10.9. The molecule has 104 valence electrons. The number of benzene rings is 1. The van der Waals surface area contributed by atoms with Gasteiger partial charge in [-0.25, -0.2) is 0 Å². The number of ether oxygens (including phenoxy) is 1. The smallest absolute Gasteiger partial charge is 0.288 e. The van der Waals surface area contributed by atoms with Gasteiger partial charge in [0, 0.05) is 25.3 Å². The van der Waals surface area contributed by atoms with Gasteiger partial charge in [-0.05, 0) is 12.1 Å². The predicted octanol–water partition coefficient (Wildman–Crippen LogP) is 0.985. The molecule has 0 saturated carbocycles. The molecule has 0 aromatic heterocycles. The third-order valence-corrected chi connectivity index (χ3v) is 2.58. The lowest BCUT2D eigenvalue weighted by Gasteiger charge is -2.10. The highest BCUT2D eigenvalue weighted by molar-refractivity contribution is 6.32. The fourth-order valence-electron chi connectivity index (χ4n) is 1.36. The van der Waals surface area contributed by atoms with E-state index < -0.39 is 16.9 Å². The summed E-state index contributed by atoms with van der Waals surface area (Å²) in [4.78, 5) is 21.7. The number of amides is 1. The Balaban J connectivity index is 2.72. The highest BCUT2D eigenvalue weighted by atomic mass is 35.5. The number of halogens is 1. The van der Waals surface area contributed by atoms with Gasteiger partial charge in [0.2, 0.25) is 0 Å². The number of carbonyl (C=O) groups is 1. The van der Waals surface area contributed by atoms with Crippen molar-refractivity contribution >= 4 is 23.2 Å². The van der Waals surface area contributed by atoms with E-state index in [9.17, 15) is 20.0 Å². The summed E-state index contributed by atoms with van der Waals surface area (Å²) in [5.74, 6) is -0.532. The number of aliphatic hydroxyl groups excluding tert-OH is 1. The van der Waals surface area contributed by atoms with E-state index in [0.717, 1.165) is 6.07 Å². The van der Waals surface area contributed by atoms with E-state index in [1.54, 1.807) is 0 Å². The van der Waals surface area contributed by atoms with Crippen molar-refractivity contribution in [2.45, 2.75) is 6.10 Å². The van der Waals surface area contributed by atoms with Gasteiger partial charge in [-0.3, -0.25) is 14.9 Å². The maximum Gasteiger partial charge on any atom is 0.288 e. The van der Waals surface area contributed by atoms with Gasteiger partial charge in [0.05, 0.1) is 17.6 Å². The molecule has 8 heteroatoms. The first-order chi connectivity index (χ1) is 8.95. The van der Waals surface area contributed by atoms with Crippen molar-refractivity contribution in [3.05, 3.63) is 38.9 Å². The minimum Gasteiger partial charge on any atom is -0.389 e. The molecule has 0 saturated heterocycles. The van der Waals surface area contributed by atoms with Crippen LogP contribution in [0.4, 0.5) is 5.69 Å². The second-order valence-corrected chi connectivity index (χ2v) is 4.15. The summed E-state index contributed by atoms with van der Waals surface area (Å²) >= 11 is 5.63. The fourth-order valence-corrected chi connectivity index (χ4v) is 1.54. The molecule has 0 aliphatic heterocycles. The molecular weight excluding hydrogens is 276 g/mol. The number of methoxy groups -OCH3 is 1. The number of nitro groups is 1. The van der Waals surface area contributed by atoms with Crippen LogP contribution in [-0.4, -0.2) is 42.3 Å². The van der Waals surface area contributed by atoms with E-state index in [1.807, 2.05) is 0 Å². The number of nitrogens with one attached hydrogen (secondary N) is 1. The number of hydrogen-bond donors (Lipinski definition) is 2. The minimum absolute atomic E-state index is 0.0108. The average molecular weight is 289 g/mol. The zero-order chi connectivity index (χ0) is 14.4. The molecule has 0 aliphatic carbocycles. The highest BCUT2D eigenvalue weighted by Gasteiger charge is 2.16. The monoisotopic (exact) mass is 288 g/mol. The topological polar surface area (TPSA) is 102 Å². The molecule has 1 rings (SSSR count). The predicted molar refractivity (Wildman–Crippen MR) is 68.3 cm³/mol. The molecule has 0 radical (unpaired) electrons. The first-order valence-electron chi connectivity index (χ1n) is 5.35. The quantitative estimate of drug-likeness (QED) is 0.600. The van der Waals surface area contributed by atoms with Gasteiger partial charge in [0.25, 0.3) is 11.6 Å². The van der Waals surface area contributed by atoms with E-state index in [2.05, 4.69) is 5.32 Å². The summed E-state index contributed by atoms with van der Waals surface area (Å²) in [6.07, 6.45) is -0.837. The Bertz CT molecular complexity index is 480. The maximum absolute atomic E-state index is 11.7. The molecule has 19 heavy (non-hydrogen) atoms. The summed E-state index contributed by atoms with van der Waals surface area (Å²) in [6, 6.07) is 3.73. The number of nitro benzene ring substituents is 1. The molecule has 0 bridgehead atoms. The molecule has 0 spiro atoms. The van der Waals surface area contributed by atoms with E-state index >= 15 is 0 Å². The van der Waals surface area contributed by atoms with Gasteiger partial charge in [-0.1, -0.05) is 11.6 Å². The SMILES string of the molecule is COCC(O)CNC(=O)c1ccc(Cl)c([N+](=O)[O-])c1. The molecule has 1 atom stereocenters. The second kappa shape index (κ2) is 7.03. The average Bonchev–Trinajstić information content (AvgIpc) is 2.36. The molecule has 0 heterocycles. The molecule has 1 aromatic rings. The Morgan fingerprint density at radius 1 is 1.63 bits per heavy atom. The van der Waals surface area contributed by atoms with Crippen molar-refractivity contribution in [2.24, 2.45) is 0 Å². The fraction of sp³-hybridized carbons (Fsp3) is 0.364. The van der Waals surface area contributed by atoms with Gasteiger partial charge < -0.3 is 15.2 Å². The van der Waals surface area contributed by atoms with E-state index in [0.29, 0.717) is 0 Å². The molecule has 1 aromatic carbocycles. The normalized spacial score (nSPS) is 11.9. The van der Waals surface area contributed by atoms with Crippen molar-refractivity contribution in [1.82, 2.24) is 5.32 Å². The molecule has 1 amide bonds. The molecule has 1 unspecified atom stereocenters. The van der Waals surface area contributed by atoms with Crippen molar-refractivity contribution in [2.75, 3.05) is 20.3 Å². The third kappa shape index (κ3) is 4.47. The molecular formula is C11H13ClN2O5. The second-order valence-electron chi connectivity index (χ2n) is 3.74. The Morgan fingerprint density at radius 3 is 2.89 bits per heavy atom. The summed E-state index contributed by atoms with van der Waals surface area (Å²) in [6.45, 7) is 0.0736. The maximum atomic E-state index is 11.7. The van der Waals surface area contributed by atoms with Crippen LogP contribution in [-0.2, 0) is 4.74 Å². The molecule has 0 aliphatic rings. The van der Waals surface area contributed by atoms with Crippen LogP contribution in [0.15, 0.2) is 18.2 Å². The third-order valence-electron chi connectivity index (χ3n) is 2.26. The first kappa shape index (κ1) is 15.4. The summed E-state index contributed by atoms with van der Waals surface area (Å²) in [5.41, 5.74) is -0.243. The van der Waals surface area contributed by atoms with Gasteiger partial charge in [-0.2, -0.15) is 0 Å². The van der Waals surface area contributed by atoms with Crippen LogP contribution < -0.4 is 5.32 Å². The van der Waals surface area contributed by atoms with E-state index in [1.165, 1.54) is 19.2 Å². The van der Waals surface area contributed by atoms with E-state index in [4.69, 9.17) is 16.3 Å². The van der Waals surface area contributed by atoms with Crippen molar-refractivity contribution in [1.29, 1.82) is 0 Å². The Hall–Kier alpha value is -1.70. The van der Waals surface area contributed by atoms with Crippen LogP contribution in [0.1, 0.15) is 10.4 Å². The van der Waals surface area contributed by atoms with Gasteiger partial charge in [-0.15, -0.1) is 0 Å². The van der Waals surface area contributed by atoms with Gasteiger partial charge in [0.1, 0.15) is 5.02 Å². The number of carbonyl (C=O) groups excluding carboxylic acids is 1. The first-order valence-corrected chi connectivity index (χ1v) is 5.72. The lowest BCUT2D eigenvalue weighted by Crippen LogP contribution is -2.34. The Kier molecular flexibility index (Phi) is 5.68. The zero-order valence-electron chi connectivity index (χ0n) is 10.1. The molecule has 0 fully saturated rings. The van der Waals surface area contributed by atoms with Gasteiger partial charge >= 0.3 is 0 Å². The van der Waals surface area contributed by atoms with Crippen molar-refractivity contribution < 1.29 is 19.6 Å². The minimum atomic E-state index is -0.837. The number of hydrogen-bond acceptors (Lipinski definition) is 5. The summed E-state index contributed by atoms with van der Waals surface area (Å²) in [7, 11) is 1.42. The van der Waals surface area contributed by atoms with Crippen LogP contribution in [0.3, 0.4) is 0 Å². The lowest BCUT2D eigenvalue weighted by molar-refractivity contribution is -0.384. The Morgan fingerprint density at radius 2 is 2.32 bits per heavy atom. The molecule has 2 N–H and O–H groups in total. The molecule has 7 nitrogen and oxygen atoms in total. The summed E-state index contributed by atoms with van der Waals surface area (Å²) < 4.78 is 4.70. The van der Waals surface area contributed by atoms with E-state index in [-0.39, 0.29) is 29.4 Å². The van der Waals surface area contributed by atoms with Gasteiger partial charge in [0.15, 0.2) is 0 Å². The number of rotatable bonds is 6. The van der Waals surface area contributed by atoms with Crippen LogP contribution in [0.2, 0.25) is 5.02 Å². The highest BCUT2D eigenvalue weighted by Crippen LogP contribution is 2.24. The lowest BCUT2D eigenvalue weighted by atomic mass is 10.2. The van der Waals surface area contributed by atoms with Crippen molar-refractivity contribution in [3.63, 3.8) is 0 Å². The van der Waals surface area contributed by atoms with Crippen LogP contribution >= 0.6 is 11.6 Å². The number of aliphatic hydroxyl groups is 1. The van der Waals surface area contributed by atoms with Crippen molar-refractivity contribution in [3.8, 4) is 0 Å². The standard InChI is InChI=1S/C11H13ClN2O5/c1-19-6-8(15)5-13-11(16)7-2-3-9(12)10(4-7)14(17)18/h2-4,8,15H,5-6H2,1H3,(H,13,16). The van der Waals surface area contributed by atoms with Crippen LogP contribution in [0.5, 0.6) is 0 Å². The van der Waals surface area contributed by atoms with Crippen LogP contribution in [0, 0.1) is 10.1 Å². The number of nitrogens with zero attached hydrogens (tertiary/aromatic N) is 1. The summed E-state index contributed by atoms with van der Waals surface area (Å²) in [5, 5.41) is 22.4. The largest absolute Gasteiger partial charge is 0.389 e.